The van der Waals surface area contributed by atoms with Crippen molar-refractivity contribution < 1.29 is 19.4 Å². The molecule has 10 heteroatoms. The summed E-state index contributed by atoms with van der Waals surface area (Å²) >= 11 is 5.97. The fraction of sp³-hybridized carbons (Fsp3) is 0.294. The molecule has 9 nitrogen and oxygen atoms in total. The van der Waals surface area contributed by atoms with Crippen molar-refractivity contribution in [3.05, 3.63) is 58.6 Å². The Hall–Kier alpha value is -2.59. The van der Waals surface area contributed by atoms with Crippen LogP contribution in [0.1, 0.15) is 32.5 Å². The van der Waals surface area contributed by atoms with Crippen LogP contribution in [0.2, 0.25) is 5.02 Å². The Labute approximate surface area is 160 Å². The van der Waals surface area contributed by atoms with Gasteiger partial charge in [0.25, 0.3) is 5.91 Å². The molecule has 0 aliphatic carbocycles. The van der Waals surface area contributed by atoms with Crippen molar-refractivity contribution in [1.29, 1.82) is 0 Å². The Morgan fingerprint density at radius 2 is 1.85 bits per heavy atom. The third kappa shape index (κ3) is 4.22. The number of hydrogen-bond donors (Lipinski definition) is 4. The highest BCUT2D eigenvalue weighted by Crippen LogP contribution is 2.27. The summed E-state index contributed by atoms with van der Waals surface area (Å²) in [6.07, 6.45) is 1.97. The molecule has 0 bridgehead atoms. The highest BCUT2D eigenvalue weighted by molar-refractivity contribution is 6.30. The van der Waals surface area contributed by atoms with Crippen LogP contribution in [0.4, 0.5) is 0 Å². The number of hydrazine groups is 1. The topological polar surface area (TPSA) is 125 Å². The number of amides is 1. The number of carbonyl (C=O) groups excluding carboxylic acids is 1. The minimum absolute atomic E-state index is 0.123. The maximum atomic E-state index is 12.6. The number of carboxylic acids is 1. The normalized spacial score (nSPS) is 21.8. The molecule has 1 aromatic carbocycles. The second-order valence-electron chi connectivity index (χ2n) is 5.94. The van der Waals surface area contributed by atoms with Gasteiger partial charge in [0.05, 0.1) is 12.6 Å². The summed E-state index contributed by atoms with van der Waals surface area (Å²) in [7, 11) is 1.59. The minimum Gasteiger partial charge on any atom is -0.476 e. The molecule has 1 saturated heterocycles. The predicted molar refractivity (Wildman–Crippen MR) is 96.4 cm³/mol. The van der Waals surface area contributed by atoms with Crippen molar-refractivity contribution in [2.45, 2.75) is 18.1 Å². The van der Waals surface area contributed by atoms with Gasteiger partial charge in [0.15, 0.2) is 11.4 Å². The monoisotopic (exact) mass is 391 g/mol. The van der Waals surface area contributed by atoms with Crippen LogP contribution in [-0.4, -0.2) is 52.9 Å². The van der Waals surface area contributed by atoms with E-state index in [1.165, 1.54) is 12.4 Å². The average molecular weight is 392 g/mol. The van der Waals surface area contributed by atoms with Crippen molar-refractivity contribution in [1.82, 2.24) is 26.1 Å². The Balaban J connectivity index is 1.85. The predicted octanol–water partition coefficient (Wildman–Crippen LogP) is 0.791. The van der Waals surface area contributed by atoms with E-state index in [4.69, 9.17) is 16.3 Å². The number of nitrogens with zero attached hydrogens (tertiary/aromatic N) is 2. The Bertz CT molecular complexity index is 832. The van der Waals surface area contributed by atoms with E-state index in [0.29, 0.717) is 11.6 Å². The van der Waals surface area contributed by atoms with Gasteiger partial charge in [-0.2, -0.15) is 0 Å². The summed E-state index contributed by atoms with van der Waals surface area (Å²) < 4.78 is 5.25. The van der Waals surface area contributed by atoms with Crippen LogP contribution >= 0.6 is 11.6 Å². The molecule has 1 amide bonds. The zero-order chi connectivity index (χ0) is 19.4. The molecule has 1 fully saturated rings. The highest BCUT2D eigenvalue weighted by Gasteiger charge is 2.38. The number of halogens is 1. The molecule has 2 aromatic rings. The molecule has 3 atom stereocenters. The molecular weight excluding hydrogens is 374 g/mol. The van der Waals surface area contributed by atoms with Gasteiger partial charge >= 0.3 is 5.97 Å². The van der Waals surface area contributed by atoms with E-state index < -0.39 is 23.7 Å². The summed E-state index contributed by atoms with van der Waals surface area (Å²) in [5.41, 5.74) is 6.38. The molecular formula is C17H18ClN5O4. The van der Waals surface area contributed by atoms with Gasteiger partial charge in [0, 0.05) is 30.4 Å². The number of aromatic nitrogens is 2. The van der Waals surface area contributed by atoms with Crippen LogP contribution in [0.15, 0.2) is 36.7 Å². The van der Waals surface area contributed by atoms with Gasteiger partial charge in [-0.05, 0) is 17.7 Å². The number of carbonyl (C=O) groups is 2. The Kier molecular flexibility index (Phi) is 5.97. The lowest BCUT2D eigenvalue weighted by Gasteiger charge is -2.24. The molecule has 1 aliphatic heterocycles. The van der Waals surface area contributed by atoms with Gasteiger partial charge in [0.1, 0.15) is 6.17 Å². The largest absolute Gasteiger partial charge is 0.476 e. The van der Waals surface area contributed by atoms with E-state index >= 15 is 0 Å². The van der Waals surface area contributed by atoms with Crippen molar-refractivity contribution in [3.63, 3.8) is 0 Å². The van der Waals surface area contributed by atoms with Crippen LogP contribution in [-0.2, 0) is 4.74 Å². The summed E-state index contributed by atoms with van der Waals surface area (Å²) in [5, 5.41) is 12.6. The molecule has 27 heavy (non-hydrogen) atoms. The molecule has 1 aromatic heterocycles. The number of hydrogen-bond acceptors (Lipinski definition) is 7. The minimum atomic E-state index is -1.32. The third-order valence-electron chi connectivity index (χ3n) is 4.22. The van der Waals surface area contributed by atoms with E-state index in [0.717, 1.165) is 5.56 Å². The van der Waals surface area contributed by atoms with Gasteiger partial charge in [0.2, 0.25) is 0 Å². The summed E-state index contributed by atoms with van der Waals surface area (Å²) in [5.74, 6) is -2.15. The first kappa shape index (κ1) is 19.2. The Morgan fingerprint density at radius 3 is 2.48 bits per heavy atom. The van der Waals surface area contributed by atoms with E-state index in [9.17, 15) is 14.7 Å². The van der Waals surface area contributed by atoms with Crippen LogP contribution in [0.25, 0.3) is 0 Å². The molecule has 0 spiro atoms. The quantitative estimate of drug-likeness (QED) is 0.569. The van der Waals surface area contributed by atoms with Crippen LogP contribution in [0.5, 0.6) is 0 Å². The van der Waals surface area contributed by atoms with Gasteiger partial charge < -0.3 is 15.2 Å². The molecule has 3 rings (SSSR count). The van der Waals surface area contributed by atoms with Crippen LogP contribution in [0.3, 0.4) is 0 Å². The lowest BCUT2D eigenvalue weighted by molar-refractivity contribution is 0.0682. The number of nitrogens with one attached hydrogen (secondary N) is 3. The number of benzene rings is 1. The van der Waals surface area contributed by atoms with Crippen LogP contribution in [0, 0.1) is 0 Å². The van der Waals surface area contributed by atoms with Gasteiger partial charge in [-0.3, -0.25) is 4.79 Å². The average Bonchev–Trinajstić information content (AvgIpc) is 3.05. The zero-order valence-corrected chi connectivity index (χ0v) is 15.1. The van der Waals surface area contributed by atoms with Gasteiger partial charge in [-0.1, -0.05) is 23.7 Å². The first-order valence-electron chi connectivity index (χ1n) is 8.12. The SMILES string of the molecule is COCC1NNC(NC(=O)c2nccnc2C(=O)O)C1c1ccc(Cl)cc1. The smallest absolute Gasteiger partial charge is 0.356 e. The first-order valence-corrected chi connectivity index (χ1v) is 8.49. The number of ether oxygens (including phenoxy) is 1. The number of carboxylic acid groups (broad SMARTS) is 1. The standard InChI is InChI=1S/C17H18ClN5O4/c1-27-8-11-12(9-2-4-10(18)5-3-9)15(23-22-11)21-16(24)13-14(17(25)26)20-7-6-19-13/h2-7,11-12,15,22-23H,8H2,1H3,(H,21,24)(H,25,26). The number of rotatable bonds is 6. The number of methoxy groups -OCH3 is 1. The highest BCUT2D eigenvalue weighted by atomic mass is 35.5. The molecule has 0 saturated carbocycles. The van der Waals surface area contributed by atoms with Crippen molar-refractivity contribution >= 4 is 23.5 Å². The van der Waals surface area contributed by atoms with Crippen LogP contribution < -0.4 is 16.2 Å². The lowest BCUT2D eigenvalue weighted by atomic mass is 9.90. The Morgan fingerprint density at radius 1 is 1.19 bits per heavy atom. The maximum absolute atomic E-state index is 12.6. The number of aromatic carboxylic acids is 1. The second kappa shape index (κ2) is 8.40. The van der Waals surface area contributed by atoms with E-state index in [2.05, 4.69) is 26.1 Å². The molecule has 3 unspecified atom stereocenters. The fourth-order valence-electron chi connectivity index (χ4n) is 3.04. The summed E-state index contributed by atoms with van der Waals surface area (Å²) in [4.78, 5) is 31.5. The molecule has 142 valence electrons. The van der Waals surface area contributed by atoms with Gasteiger partial charge in [-0.25, -0.2) is 25.6 Å². The second-order valence-corrected chi connectivity index (χ2v) is 6.37. The van der Waals surface area contributed by atoms with E-state index in [-0.39, 0.29) is 17.7 Å². The summed E-state index contributed by atoms with van der Waals surface area (Å²) in [6, 6.07) is 7.15. The maximum Gasteiger partial charge on any atom is 0.356 e. The molecule has 2 heterocycles. The van der Waals surface area contributed by atoms with Crippen molar-refractivity contribution in [2.24, 2.45) is 0 Å². The van der Waals surface area contributed by atoms with Crippen molar-refractivity contribution in [2.75, 3.05) is 13.7 Å². The molecule has 0 radical (unpaired) electrons. The van der Waals surface area contributed by atoms with Gasteiger partial charge in [-0.15, -0.1) is 0 Å². The zero-order valence-electron chi connectivity index (χ0n) is 14.3. The third-order valence-corrected chi connectivity index (χ3v) is 4.47. The van der Waals surface area contributed by atoms with Crippen molar-refractivity contribution in [3.8, 4) is 0 Å². The lowest BCUT2D eigenvalue weighted by Crippen LogP contribution is -2.47. The molecule has 1 aliphatic rings. The van der Waals surface area contributed by atoms with E-state index in [1.807, 2.05) is 12.1 Å². The van der Waals surface area contributed by atoms with E-state index in [1.54, 1.807) is 19.2 Å². The first-order chi connectivity index (χ1) is 13.0. The summed E-state index contributed by atoms with van der Waals surface area (Å²) in [6.45, 7) is 0.401. The molecule has 4 N–H and O–H groups in total. The fourth-order valence-corrected chi connectivity index (χ4v) is 3.17.